The first-order valence-corrected chi connectivity index (χ1v) is 4.39. The van der Waals surface area contributed by atoms with Crippen LogP contribution in [0.15, 0.2) is 18.3 Å². The number of carbonyl (C=O) groups is 1. The highest BCUT2D eigenvalue weighted by Gasteiger charge is 2.05. The number of hydrogen-bond acceptors (Lipinski definition) is 4. The van der Waals surface area contributed by atoms with Gasteiger partial charge in [-0.1, -0.05) is 0 Å². The fraction of sp³-hybridized carbons (Fsp3) is 0.400. The van der Waals surface area contributed by atoms with E-state index in [1.807, 2.05) is 0 Å². The van der Waals surface area contributed by atoms with Crippen LogP contribution in [0.1, 0.15) is 23.0 Å². The Balaban J connectivity index is 2.67. The Kier molecular flexibility index (Phi) is 4.07. The Bertz CT molecular complexity index is 295. The fourth-order valence-corrected chi connectivity index (χ4v) is 0.993. The van der Waals surface area contributed by atoms with Crippen LogP contribution in [0.3, 0.4) is 0 Å². The van der Waals surface area contributed by atoms with Crippen molar-refractivity contribution in [2.45, 2.75) is 13.5 Å². The summed E-state index contributed by atoms with van der Waals surface area (Å²) in [5.74, 6) is -0.344. The van der Waals surface area contributed by atoms with Crippen molar-refractivity contribution in [1.29, 1.82) is 0 Å². The minimum atomic E-state index is -0.344. The highest BCUT2D eigenvalue weighted by Crippen LogP contribution is 2.03. The molecule has 0 bridgehead atoms. The Morgan fingerprint density at radius 3 is 2.79 bits per heavy atom. The molecule has 0 N–H and O–H groups in total. The third kappa shape index (κ3) is 2.81. The zero-order valence-electron chi connectivity index (χ0n) is 8.32. The largest absolute Gasteiger partial charge is 0.462 e. The number of carbonyl (C=O) groups excluding carboxylic acids is 1. The number of ether oxygens (including phenoxy) is 2. The fourth-order valence-electron chi connectivity index (χ4n) is 0.993. The van der Waals surface area contributed by atoms with Gasteiger partial charge in [-0.15, -0.1) is 0 Å². The first-order chi connectivity index (χ1) is 6.77. The summed E-state index contributed by atoms with van der Waals surface area (Å²) < 4.78 is 9.71. The number of rotatable bonds is 4. The molecule has 1 heterocycles. The van der Waals surface area contributed by atoms with Gasteiger partial charge in [-0.25, -0.2) is 4.79 Å². The molecule has 1 rings (SSSR count). The molecule has 0 saturated heterocycles. The van der Waals surface area contributed by atoms with Crippen LogP contribution in [-0.2, 0) is 16.1 Å². The Morgan fingerprint density at radius 2 is 2.29 bits per heavy atom. The van der Waals surface area contributed by atoms with Crippen LogP contribution in [-0.4, -0.2) is 24.7 Å². The minimum Gasteiger partial charge on any atom is -0.462 e. The van der Waals surface area contributed by atoms with Crippen molar-refractivity contribution < 1.29 is 14.3 Å². The number of nitrogens with zero attached hydrogens (tertiary/aromatic N) is 1. The predicted molar refractivity (Wildman–Crippen MR) is 50.9 cm³/mol. The second-order valence-electron chi connectivity index (χ2n) is 2.69. The SMILES string of the molecule is CCOC(=O)c1ccc(COC)nc1. The van der Waals surface area contributed by atoms with Crippen molar-refractivity contribution in [1.82, 2.24) is 4.98 Å². The van der Waals surface area contributed by atoms with Crippen molar-refractivity contribution in [3.8, 4) is 0 Å². The van der Waals surface area contributed by atoms with Crippen molar-refractivity contribution >= 4 is 5.97 Å². The quantitative estimate of drug-likeness (QED) is 0.681. The van der Waals surface area contributed by atoms with Crippen LogP contribution in [0, 0.1) is 0 Å². The molecule has 0 unspecified atom stereocenters. The van der Waals surface area contributed by atoms with E-state index in [1.54, 1.807) is 26.2 Å². The van der Waals surface area contributed by atoms with Crippen LogP contribution in [0.25, 0.3) is 0 Å². The second kappa shape index (κ2) is 5.34. The summed E-state index contributed by atoms with van der Waals surface area (Å²) in [5.41, 5.74) is 1.26. The maximum atomic E-state index is 11.2. The molecule has 4 heteroatoms. The van der Waals surface area contributed by atoms with E-state index >= 15 is 0 Å². The first kappa shape index (κ1) is 10.7. The Labute approximate surface area is 82.9 Å². The molecule has 1 aromatic heterocycles. The Hall–Kier alpha value is -1.42. The lowest BCUT2D eigenvalue weighted by atomic mass is 10.2. The molecule has 0 aliphatic heterocycles. The number of aromatic nitrogens is 1. The minimum absolute atomic E-state index is 0.344. The van der Waals surface area contributed by atoms with Crippen LogP contribution < -0.4 is 0 Å². The number of esters is 1. The van der Waals surface area contributed by atoms with E-state index in [1.165, 1.54) is 6.20 Å². The van der Waals surface area contributed by atoms with Gasteiger partial charge >= 0.3 is 5.97 Å². The molecule has 0 fully saturated rings. The maximum Gasteiger partial charge on any atom is 0.339 e. The third-order valence-corrected chi connectivity index (χ3v) is 1.63. The predicted octanol–water partition coefficient (Wildman–Crippen LogP) is 1.40. The van der Waals surface area contributed by atoms with E-state index in [4.69, 9.17) is 9.47 Å². The van der Waals surface area contributed by atoms with Gasteiger partial charge in [0.2, 0.25) is 0 Å². The molecule has 1 aromatic rings. The number of methoxy groups -OCH3 is 1. The third-order valence-electron chi connectivity index (χ3n) is 1.63. The first-order valence-electron chi connectivity index (χ1n) is 4.39. The van der Waals surface area contributed by atoms with E-state index in [0.29, 0.717) is 18.8 Å². The van der Waals surface area contributed by atoms with Gasteiger partial charge in [-0.05, 0) is 19.1 Å². The highest BCUT2D eigenvalue weighted by molar-refractivity contribution is 5.88. The summed E-state index contributed by atoms with van der Waals surface area (Å²) in [6.45, 7) is 2.59. The summed E-state index contributed by atoms with van der Waals surface area (Å²) in [4.78, 5) is 15.3. The maximum absolute atomic E-state index is 11.2. The van der Waals surface area contributed by atoms with Crippen LogP contribution >= 0.6 is 0 Å². The van der Waals surface area contributed by atoms with Crippen molar-refractivity contribution in [3.05, 3.63) is 29.6 Å². The average Bonchev–Trinajstić information content (AvgIpc) is 2.20. The zero-order valence-corrected chi connectivity index (χ0v) is 8.32. The molecule has 0 aliphatic rings. The highest BCUT2D eigenvalue weighted by atomic mass is 16.5. The molecule has 4 nitrogen and oxygen atoms in total. The molecular weight excluding hydrogens is 182 g/mol. The van der Waals surface area contributed by atoms with Crippen LogP contribution in [0.4, 0.5) is 0 Å². The van der Waals surface area contributed by atoms with Gasteiger partial charge in [0.1, 0.15) is 0 Å². The molecule has 0 aromatic carbocycles. The van der Waals surface area contributed by atoms with Crippen molar-refractivity contribution in [2.75, 3.05) is 13.7 Å². The van der Waals surface area contributed by atoms with Crippen LogP contribution in [0.5, 0.6) is 0 Å². The van der Waals surface area contributed by atoms with Gasteiger partial charge in [0.15, 0.2) is 0 Å². The molecule has 0 aliphatic carbocycles. The molecule has 0 atom stereocenters. The van der Waals surface area contributed by atoms with E-state index in [0.717, 1.165) is 5.69 Å². The number of hydrogen-bond donors (Lipinski definition) is 0. The lowest BCUT2D eigenvalue weighted by Crippen LogP contribution is -2.05. The smallest absolute Gasteiger partial charge is 0.339 e. The van der Waals surface area contributed by atoms with Gasteiger partial charge < -0.3 is 9.47 Å². The summed E-state index contributed by atoms with van der Waals surface area (Å²) >= 11 is 0. The molecule has 0 amide bonds. The van der Waals surface area contributed by atoms with E-state index in [2.05, 4.69) is 4.98 Å². The van der Waals surface area contributed by atoms with Crippen LogP contribution in [0.2, 0.25) is 0 Å². The number of pyridine rings is 1. The molecule has 0 radical (unpaired) electrons. The van der Waals surface area contributed by atoms with Gasteiger partial charge in [0, 0.05) is 13.3 Å². The molecule has 76 valence electrons. The monoisotopic (exact) mass is 195 g/mol. The lowest BCUT2D eigenvalue weighted by Gasteiger charge is -2.02. The van der Waals surface area contributed by atoms with Gasteiger partial charge in [-0.2, -0.15) is 0 Å². The molecular formula is C10H13NO3. The molecule has 0 spiro atoms. The van der Waals surface area contributed by atoms with Gasteiger partial charge in [-0.3, -0.25) is 4.98 Å². The summed E-state index contributed by atoms with van der Waals surface area (Å²) in [6.07, 6.45) is 1.49. The van der Waals surface area contributed by atoms with Crippen molar-refractivity contribution in [2.24, 2.45) is 0 Å². The van der Waals surface area contributed by atoms with E-state index < -0.39 is 0 Å². The average molecular weight is 195 g/mol. The van der Waals surface area contributed by atoms with Gasteiger partial charge in [0.25, 0.3) is 0 Å². The van der Waals surface area contributed by atoms with Gasteiger partial charge in [0.05, 0.1) is 24.5 Å². The van der Waals surface area contributed by atoms with Crippen molar-refractivity contribution in [3.63, 3.8) is 0 Å². The normalized spacial score (nSPS) is 9.86. The summed E-state index contributed by atoms with van der Waals surface area (Å²) in [5, 5.41) is 0. The summed E-state index contributed by atoms with van der Waals surface area (Å²) in [6, 6.07) is 3.43. The zero-order chi connectivity index (χ0) is 10.4. The Morgan fingerprint density at radius 1 is 1.50 bits per heavy atom. The molecule has 14 heavy (non-hydrogen) atoms. The summed E-state index contributed by atoms with van der Waals surface area (Å²) in [7, 11) is 1.60. The topological polar surface area (TPSA) is 48.4 Å². The molecule has 0 saturated carbocycles. The lowest BCUT2D eigenvalue weighted by molar-refractivity contribution is 0.0525. The van der Waals surface area contributed by atoms with E-state index in [9.17, 15) is 4.79 Å². The standard InChI is InChI=1S/C10H13NO3/c1-3-14-10(12)8-4-5-9(7-13-2)11-6-8/h4-6H,3,7H2,1-2H3. The van der Waals surface area contributed by atoms with E-state index in [-0.39, 0.29) is 5.97 Å². The second-order valence-corrected chi connectivity index (χ2v) is 2.69.